The van der Waals surface area contributed by atoms with E-state index in [0.29, 0.717) is 5.46 Å². The minimum Gasteiger partial charge on any atom is -0.423 e. The molecule has 0 aliphatic rings. The summed E-state index contributed by atoms with van der Waals surface area (Å²) in [5.74, 6) is 0. The van der Waals surface area contributed by atoms with E-state index in [1.54, 1.807) is 27.7 Å². The average molecular weight is 294 g/mol. The van der Waals surface area contributed by atoms with Gasteiger partial charge in [-0.2, -0.15) is 0 Å². The van der Waals surface area contributed by atoms with E-state index in [1.807, 2.05) is 12.1 Å². The molecule has 0 heterocycles. The Bertz CT molecular complexity index is 444. The van der Waals surface area contributed by atoms with Crippen molar-refractivity contribution >= 4 is 25.8 Å². The minimum absolute atomic E-state index is 0.712. The average Bonchev–Trinajstić information content (AvgIpc) is 2.26. The molecule has 5 heteroatoms. The van der Waals surface area contributed by atoms with Gasteiger partial charge in [-0.1, -0.05) is 49.1 Å². The second kappa shape index (κ2) is 5.64. The Morgan fingerprint density at radius 2 is 1.45 bits per heavy atom. The highest BCUT2D eigenvalue weighted by Crippen LogP contribution is 2.25. The lowest BCUT2D eigenvalue weighted by Crippen LogP contribution is -2.53. The van der Waals surface area contributed by atoms with Crippen molar-refractivity contribution in [3.8, 4) is 0 Å². The van der Waals surface area contributed by atoms with E-state index >= 15 is 0 Å². The summed E-state index contributed by atoms with van der Waals surface area (Å²) in [6.07, 6.45) is 0. The van der Waals surface area contributed by atoms with Crippen LogP contribution >= 0.6 is 0 Å². The third-order valence-electron chi connectivity index (χ3n) is 3.94. The first-order valence-electron chi connectivity index (χ1n) is 7.03. The van der Waals surface area contributed by atoms with Crippen molar-refractivity contribution in [1.29, 1.82) is 0 Å². The van der Waals surface area contributed by atoms with Crippen LogP contribution in [0.2, 0.25) is 19.6 Å². The van der Waals surface area contributed by atoms with Gasteiger partial charge in [0.25, 0.3) is 0 Å². The molecule has 0 spiro atoms. The molecule has 0 saturated heterocycles. The van der Waals surface area contributed by atoms with Crippen LogP contribution in [-0.4, -0.2) is 36.5 Å². The SMILES string of the molecule is CC(C)(O)C(C)(C)OB(O)c1ccc([Si](C)(C)C)cc1. The van der Waals surface area contributed by atoms with Crippen LogP contribution in [0.4, 0.5) is 0 Å². The lowest BCUT2D eigenvalue weighted by atomic mass is 9.76. The van der Waals surface area contributed by atoms with E-state index in [4.69, 9.17) is 4.65 Å². The zero-order chi connectivity index (χ0) is 15.8. The predicted molar refractivity (Wildman–Crippen MR) is 88.5 cm³/mol. The number of rotatable bonds is 5. The lowest BCUT2D eigenvalue weighted by molar-refractivity contribution is -0.0982. The van der Waals surface area contributed by atoms with Crippen LogP contribution in [0.25, 0.3) is 0 Å². The third kappa shape index (κ3) is 4.19. The number of hydrogen-bond acceptors (Lipinski definition) is 3. The second-order valence-electron chi connectivity index (χ2n) is 7.41. The first-order valence-corrected chi connectivity index (χ1v) is 10.5. The molecule has 20 heavy (non-hydrogen) atoms. The first kappa shape index (κ1) is 17.4. The molecular weight excluding hydrogens is 267 g/mol. The Morgan fingerprint density at radius 3 is 1.80 bits per heavy atom. The smallest absolute Gasteiger partial charge is 0.423 e. The fourth-order valence-electron chi connectivity index (χ4n) is 1.64. The van der Waals surface area contributed by atoms with Crippen LogP contribution in [0, 0.1) is 0 Å². The topological polar surface area (TPSA) is 49.7 Å². The molecule has 1 rings (SSSR count). The van der Waals surface area contributed by atoms with Crippen molar-refractivity contribution in [2.24, 2.45) is 0 Å². The predicted octanol–water partition coefficient (Wildman–Crippen LogP) is 1.49. The van der Waals surface area contributed by atoms with Crippen LogP contribution in [0.15, 0.2) is 24.3 Å². The molecule has 0 aliphatic heterocycles. The third-order valence-corrected chi connectivity index (χ3v) is 6.01. The summed E-state index contributed by atoms with van der Waals surface area (Å²) >= 11 is 0. The van der Waals surface area contributed by atoms with Crippen molar-refractivity contribution in [3.63, 3.8) is 0 Å². The number of aliphatic hydroxyl groups is 1. The molecule has 112 valence electrons. The fourth-order valence-corrected chi connectivity index (χ4v) is 2.81. The van der Waals surface area contributed by atoms with Crippen molar-refractivity contribution in [3.05, 3.63) is 24.3 Å². The van der Waals surface area contributed by atoms with Gasteiger partial charge in [0.1, 0.15) is 0 Å². The zero-order valence-electron chi connectivity index (χ0n) is 13.7. The van der Waals surface area contributed by atoms with Gasteiger partial charge < -0.3 is 14.8 Å². The van der Waals surface area contributed by atoms with Gasteiger partial charge in [0.05, 0.1) is 19.3 Å². The van der Waals surface area contributed by atoms with Gasteiger partial charge in [-0.25, -0.2) is 0 Å². The van der Waals surface area contributed by atoms with Gasteiger partial charge in [0, 0.05) is 0 Å². The van der Waals surface area contributed by atoms with Gasteiger partial charge in [0.2, 0.25) is 0 Å². The molecule has 0 aromatic heterocycles. The molecule has 0 unspecified atom stereocenters. The van der Waals surface area contributed by atoms with Gasteiger partial charge in [-0.05, 0) is 33.2 Å². The standard InChI is InChI=1S/C15H27BO3Si/c1-14(2,17)15(3,4)19-16(18)12-8-10-13(11-9-12)20(5,6)7/h8-11,17-18H,1-7H3. The molecule has 0 amide bonds. The summed E-state index contributed by atoms with van der Waals surface area (Å²) < 4.78 is 5.63. The maximum atomic E-state index is 10.2. The van der Waals surface area contributed by atoms with Crippen LogP contribution in [-0.2, 0) is 4.65 Å². The van der Waals surface area contributed by atoms with Crippen LogP contribution in [0.5, 0.6) is 0 Å². The highest BCUT2D eigenvalue weighted by atomic mass is 28.3. The van der Waals surface area contributed by atoms with Crippen molar-refractivity contribution < 1.29 is 14.8 Å². The van der Waals surface area contributed by atoms with Gasteiger partial charge in [-0.15, -0.1) is 0 Å². The molecule has 3 nitrogen and oxygen atoms in total. The highest BCUT2D eigenvalue weighted by molar-refractivity contribution is 6.88. The molecule has 2 N–H and O–H groups in total. The van der Waals surface area contributed by atoms with E-state index < -0.39 is 26.4 Å². The molecule has 0 radical (unpaired) electrons. The van der Waals surface area contributed by atoms with Crippen molar-refractivity contribution in [1.82, 2.24) is 0 Å². The quantitative estimate of drug-likeness (QED) is 0.809. The molecule has 0 bridgehead atoms. The molecular formula is C15H27BO3Si. The Labute approximate surface area is 124 Å². The molecule has 1 aromatic carbocycles. The molecule has 0 aliphatic carbocycles. The summed E-state index contributed by atoms with van der Waals surface area (Å²) in [5, 5.41) is 21.6. The maximum Gasteiger partial charge on any atom is 0.491 e. The summed E-state index contributed by atoms with van der Waals surface area (Å²) in [6, 6.07) is 7.92. The Morgan fingerprint density at radius 1 is 1.00 bits per heavy atom. The van der Waals surface area contributed by atoms with Crippen molar-refractivity contribution in [2.75, 3.05) is 0 Å². The van der Waals surface area contributed by atoms with E-state index in [0.717, 1.165) is 0 Å². The van der Waals surface area contributed by atoms with Gasteiger partial charge >= 0.3 is 7.12 Å². The second-order valence-corrected chi connectivity index (χ2v) is 12.5. The molecule has 0 fully saturated rings. The van der Waals surface area contributed by atoms with Gasteiger partial charge in [0.15, 0.2) is 0 Å². The van der Waals surface area contributed by atoms with E-state index in [-0.39, 0.29) is 0 Å². The number of benzene rings is 1. The van der Waals surface area contributed by atoms with Gasteiger partial charge in [-0.3, -0.25) is 0 Å². The molecule has 1 aromatic rings. The molecule has 0 atom stereocenters. The minimum atomic E-state index is -1.33. The van der Waals surface area contributed by atoms with E-state index in [2.05, 4.69) is 31.8 Å². The van der Waals surface area contributed by atoms with Crippen LogP contribution in [0.3, 0.4) is 0 Å². The highest BCUT2D eigenvalue weighted by Gasteiger charge is 2.39. The normalized spacial score (nSPS) is 13.4. The summed E-state index contributed by atoms with van der Waals surface area (Å²) in [5.41, 5.74) is -1.17. The maximum absolute atomic E-state index is 10.2. The Kier molecular flexibility index (Phi) is 4.92. The van der Waals surface area contributed by atoms with E-state index in [9.17, 15) is 10.1 Å². The summed E-state index contributed by atoms with van der Waals surface area (Å²) in [6.45, 7) is 13.7. The van der Waals surface area contributed by atoms with Crippen LogP contribution < -0.4 is 10.6 Å². The molecule has 0 saturated carbocycles. The lowest BCUT2D eigenvalue weighted by Gasteiger charge is -2.38. The largest absolute Gasteiger partial charge is 0.491 e. The number of hydrogen-bond donors (Lipinski definition) is 2. The first-order chi connectivity index (χ1) is 8.84. The Balaban J connectivity index is 2.87. The monoisotopic (exact) mass is 294 g/mol. The van der Waals surface area contributed by atoms with Crippen LogP contribution in [0.1, 0.15) is 27.7 Å². The summed E-state index contributed by atoms with van der Waals surface area (Å²) in [4.78, 5) is 0. The van der Waals surface area contributed by atoms with E-state index in [1.165, 1.54) is 5.19 Å². The zero-order valence-corrected chi connectivity index (χ0v) is 14.7. The fraction of sp³-hybridized carbons (Fsp3) is 0.600. The summed E-state index contributed by atoms with van der Waals surface area (Å²) in [7, 11) is -2.37. The Hall–Kier alpha value is -0.618. The van der Waals surface area contributed by atoms with Crippen molar-refractivity contribution in [2.45, 2.75) is 58.5 Å².